The Bertz CT molecular complexity index is 615. The number of rotatable bonds is 0. The van der Waals surface area contributed by atoms with Gasteiger partial charge in [-0.15, -0.1) is 0 Å². The highest BCUT2D eigenvalue weighted by Gasteiger charge is 2.05. The van der Waals surface area contributed by atoms with Gasteiger partial charge in [0.05, 0.1) is 11.0 Å². The summed E-state index contributed by atoms with van der Waals surface area (Å²) >= 11 is 5.98. The third-order valence-electron chi connectivity index (χ3n) is 2.19. The SMILES string of the molecule is Clc1nc2ccccc2n2ccnc12. The van der Waals surface area contributed by atoms with Crippen LogP contribution in [0.3, 0.4) is 0 Å². The standard InChI is InChI=1S/C10H6ClN3/c11-9-10-12-5-6-14(10)8-4-2-1-3-7(8)13-9/h1-6H. The van der Waals surface area contributed by atoms with Crippen molar-refractivity contribution in [2.45, 2.75) is 0 Å². The molecule has 0 aliphatic carbocycles. The van der Waals surface area contributed by atoms with E-state index in [1.807, 2.05) is 34.9 Å². The Hall–Kier alpha value is -1.61. The lowest BCUT2D eigenvalue weighted by Gasteiger charge is -2.01. The molecular formula is C10H6ClN3. The quantitative estimate of drug-likeness (QED) is 0.562. The van der Waals surface area contributed by atoms with Crippen molar-refractivity contribution in [3.05, 3.63) is 41.8 Å². The minimum absolute atomic E-state index is 0.439. The number of fused-ring (bicyclic) bond motifs is 3. The summed E-state index contributed by atoms with van der Waals surface area (Å²) in [6.45, 7) is 0. The number of para-hydroxylation sites is 2. The molecule has 0 unspecified atom stereocenters. The fourth-order valence-corrected chi connectivity index (χ4v) is 1.80. The van der Waals surface area contributed by atoms with Gasteiger partial charge < -0.3 is 0 Å². The van der Waals surface area contributed by atoms with Gasteiger partial charge in [0.15, 0.2) is 10.8 Å². The Labute approximate surface area is 85.0 Å². The van der Waals surface area contributed by atoms with Gasteiger partial charge in [-0.1, -0.05) is 23.7 Å². The zero-order valence-corrected chi connectivity index (χ0v) is 7.94. The Morgan fingerprint density at radius 3 is 3.00 bits per heavy atom. The molecule has 0 fully saturated rings. The maximum Gasteiger partial charge on any atom is 0.175 e. The van der Waals surface area contributed by atoms with Crippen molar-refractivity contribution in [3.63, 3.8) is 0 Å². The molecule has 3 aromatic rings. The smallest absolute Gasteiger partial charge is 0.175 e. The fourth-order valence-electron chi connectivity index (χ4n) is 1.57. The third-order valence-corrected chi connectivity index (χ3v) is 2.44. The van der Waals surface area contributed by atoms with Crippen molar-refractivity contribution in [1.29, 1.82) is 0 Å². The van der Waals surface area contributed by atoms with Crippen LogP contribution in [-0.2, 0) is 0 Å². The van der Waals surface area contributed by atoms with E-state index in [0.29, 0.717) is 10.8 Å². The highest BCUT2D eigenvalue weighted by atomic mass is 35.5. The number of aromatic nitrogens is 3. The molecule has 0 saturated heterocycles. The number of nitrogens with zero attached hydrogens (tertiary/aromatic N) is 3. The summed E-state index contributed by atoms with van der Waals surface area (Å²) in [5.41, 5.74) is 2.60. The minimum Gasteiger partial charge on any atom is -0.296 e. The number of imidazole rings is 1. The molecule has 4 heteroatoms. The van der Waals surface area contributed by atoms with Gasteiger partial charge in [0, 0.05) is 12.4 Å². The lowest BCUT2D eigenvalue weighted by molar-refractivity contribution is 1.21. The normalized spacial score (nSPS) is 11.2. The molecule has 0 radical (unpaired) electrons. The van der Waals surface area contributed by atoms with Crippen molar-refractivity contribution in [2.75, 3.05) is 0 Å². The summed E-state index contributed by atoms with van der Waals surface area (Å²) in [7, 11) is 0. The molecule has 68 valence electrons. The first-order chi connectivity index (χ1) is 6.86. The van der Waals surface area contributed by atoms with Crippen LogP contribution in [0.2, 0.25) is 5.15 Å². The van der Waals surface area contributed by atoms with Crippen LogP contribution in [0.5, 0.6) is 0 Å². The largest absolute Gasteiger partial charge is 0.296 e. The monoisotopic (exact) mass is 203 g/mol. The lowest BCUT2D eigenvalue weighted by atomic mass is 10.3. The number of hydrogen-bond acceptors (Lipinski definition) is 2. The van der Waals surface area contributed by atoms with Gasteiger partial charge in [-0.3, -0.25) is 4.40 Å². The summed E-state index contributed by atoms with van der Waals surface area (Å²) in [4.78, 5) is 8.40. The summed E-state index contributed by atoms with van der Waals surface area (Å²) in [6, 6.07) is 7.83. The molecule has 0 bridgehead atoms. The minimum atomic E-state index is 0.439. The van der Waals surface area contributed by atoms with Crippen LogP contribution >= 0.6 is 11.6 Å². The summed E-state index contributed by atoms with van der Waals surface area (Å²) in [5.74, 6) is 0. The van der Waals surface area contributed by atoms with Gasteiger partial charge in [0.25, 0.3) is 0 Å². The first kappa shape index (κ1) is 7.76. The second-order valence-corrected chi connectivity index (χ2v) is 3.37. The first-order valence-electron chi connectivity index (χ1n) is 4.23. The molecule has 0 saturated carbocycles. The van der Waals surface area contributed by atoms with Crippen molar-refractivity contribution in [1.82, 2.24) is 14.4 Å². The average Bonchev–Trinajstić information content (AvgIpc) is 2.67. The van der Waals surface area contributed by atoms with Crippen molar-refractivity contribution in [3.8, 4) is 0 Å². The van der Waals surface area contributed by atoms with E-state index < -0.39 is 0 Å². The molecule has 0 atom stereocenters. The summed E-state index contributed by atoms with van der Waals surface area (Å²) in [5, 5.41) is 0.439. The van der Waals surface area contributed by atoms with Crippen molar-refractivity contribution < 1.29 is 0 Å². The molecule has 1 aromatic carbocycles. The molecule has 0 amide bonds. The number of halogens is 1. The zero-order valence-electron chi connectivity index (χ0n) is 7.18. The van der Waals surface area contributed by atoms with E-state index in [4.69, 9.17) is 11.6 Å². The molecule has 2 heterocycles. The fraction of sp³-hybridized carbons (Fsp3) is 0. The Balaban J connectivity index is 2.66. The van der Waals surface area contributed by atoms with Crippen LogP contribution in [-0.4, -0.2) is 14.4 Å². The maximum absolute atomic E-state index is 5.98. The third kappa shape index (κ3) is 0.930. The van der Waals surface area contributed by atoms with E-state index in [2.05, 4.69) is 9.97 Å². The Kier molecular flexibility index (Phi) is 1.49. The van der Waals surface area contributed by atoms with E-state index in [-0.39, 0.29) is 0 Å². The second-order valence-electron chi connectivity index (χ2n) is 3.01. The predicted octanol–water partition coefficient (Wildman–Crippen LogP) is 2.54. The molecule has 2 aromatic heterocycles. The molecule has 3 nitrogen and oxygen atoms in total. The number of hydrogen-bond donors (Lipinski definition) is 0. The Morgan fingerprint density at radius 1 is 1.21 bits per heavy atom. The van der Waals surface area contributed by atoms with Crippen LogP contribution in [0.4, 0.5) is 0 Å². The van der Waals surface area contributed by atoms with Gasteiger partial charge in [-0.25, -0.2) is 9.97 Å². The van der Waals surface area contributed by atoms with Gasteiger partial charge in [-0.2, -0.15) is 0 Å². The molecule has 14 heavy (non-hydrogen) atoms. The van der Waals surface area contributed by atoms with Gasteiger partial charge in [0.1, 0.15) is 0 Å². The van der Waals surface area contributed by atoms with Crippen LogP contribution in [0.15, 0.2) is 36.7 Å². The molecular weight excluding hydrogens is 198 g/mol. The van der Waals surface area contributed by atoms with E-state index in [0.717, 1.165) is 11.0 Å². The van der Waals surface area contributed by atoms with Gasteiger partial charge >= 0.3 is 0 Å². The van der Waals surface area contributed by atoms with E-state index >= 15 is 0 Å². The van der Waals surface area contributed by atoms with Crippen molar-refractivity contribution >= 4 is 28.3 Å². The van der Waals surface area contributed by atoms with Crippen LogP contribution in [0.25, 0.3) is 16.7 Å². The molecule has 3 rings (SSSR count). The van der Waals surface area contributed by atoms with Gasteiger partial charge in [-0.05, 0) is 12.1 Å². The topological polar surface area (TPSA) is 30.2 Å². The predicted molar refractivity (Wildman–Crippen MR) is 55.5 cm³/mol. The van der Waals surface area contributed by atoms with Crippen LogP contribution < -0.4 is 0 Å². The molecule has 0 spiro atoms. The zero-order chi connectivity index (χ0) is 9.54. The number of benzene rings is 1. The van der Waals surface area contributed by atoms with Crippen LogP contribution in [0, 0.1) is 0 Å². The first-order valence-corrected chi connectivity index (χ1v) is 4.61. The summed E-state index contributed by atoms with van der Waals surface area (Å²) < 4.78 is 1.94. The highest BCUT2D eigenvalue weighted by Crippen LogP contribution is 2.19. The average molecular weight is 204 g/mol. The van der Waals surface area contributed by atoms with Crippen molar-refractivity contribution in [2.24, 2.45) is 0 Å². The van der Waals surface area contributed by atoms with Crippen LogP contribution in [0.1, 0.15) is 0 Å². The molecule has 0 N–H and O–H groups in total. The maximum atomic E-state index is 5.98. The highest BCUT2D eigenvalue weighted by molar-refractivity contribution is 6.32. The summed E-state index contributed by atoms with van der Waals surface area (Å²) in [6.07, 6.45) is 3.60. The van der Waals surface area contributed by atoms with E-state index in [9.17, 15) is 0 Å². The second kappa shape index (κ2) is 2.69. The molecule has 0 aliphatic heterocycles. The molecule has 0 aliphatic rings. The van der Waals surface area contributed by atoms with E-state index in [1.54, 1.807) is 6.20 Å². The lowest BCUT2D eigenvalue weighted by Crippen LogP contribution is -1.91. The van der Waals surface area contributed by atoms with Gasteiger partial charge in [0.2, 0.25) is 0 Å². The Morgan fingerprint density at radius 2 is 2.07 bits per heavy atom. The van der Waals surface area contributed by atoms with E-state index in [1.165, 1.54) is 0 Å².